The summed E-state index contributed by atoms with van der Waals surface area (Å²) in [7, 11) is 1.83. The molecule has 0 heterocycles. The van der Waals surface area contributed by atoms with E-state index in [9.17, 15) is 14.7 Å². The molecule has 0 saturated heterocycles. The van der Waals surface area contributed by atoms with E-state index in [1.807, 2.05) is 21.0 Å². The van der Waals surface area contributed by atoms with E-state index in [0.29, 0.717) is 36.0 Å². The van der Waals surface area contributed by atoms with Crippen molar-refractivity contribution in [3.63, 3.8) is 0 Å². The first-order valence-electron chi connectivity index (χ1n) is 15.0. The smallest absolute Gasteiger partial charge is 0.302 e. The number of rotatable bonds is 8. The van der Waals surface area contributed by atoms with Crippen LogP contribution in [-0.2, 0) is 23.8 Å². The molecule has 3 saturated carbocycles. The van der Waals surface area contributed by atoms with Crippen LogP contribution in [0.5, 0.6) is 0 Å². The third kappa shape index (κ3) is 5.46. The Hall–Kier alpha value is -1.40. The Labute approximate surface area is 230 Å². The number of hydrogen-bond acceptors (Lipinski definition) is 6. The predicted molar refractivity (Wildman–Crippen MR) is 147 cm³/mol. The van der Waals surface area contributed by atoms with Gasteiger partial charge in [0.2, 0.25) is 0 Å². The van der Waals surface area contributed by atoms with Crippen molar-refractivity contribution in [3.8, 4) is 0 Å². The Morgan fingerprint density at radius 1 is 1.11 bits per heavy atom. The van der Waals surface area contributed by atoms with Gasteiger partial charge in [0.1, 0.15) is 12.2 Å². The number of hydrogen-bond donors (Lipinski definition) is 1. The highest BCUT2D eigenvalue weighted by Crippen LogP contribution is 2.67. The van der Waals surface area contributed by atoms with Crippen LogP contribution in [0.3, 0.4) is 0 Å². The van der Waals surface area contributed by atoms with Gasteiger partial charge in [-0.15, -0.1) is 0 Å². The van der Waals surface area contributed by atoms with Crippen molar-refractivity contribution in [2.75, 3.05) is 7.11 Å². The molecule has 4 aliphatic carbocycles. The molecule has 0 amide bonds. The second kappa shape index (κ2) is 10.9. The molecule has 0 bridgehead atoms. The van der Waals surface area contributed by atoms with Crippen LogP contribution in [0.25, 0.3) is 0 Å². The molecule has 0 aromatic rings. The maximum absolute atomic E-state index is 12.2. The molecular weight excluding hydrogens is 480 g/mol. The average molecular weight is 533 g/mol. The van der Waals surface area contributed by atoms with Gasteiger partial charge in [-0.3, -0.25) is 9.59 Å². The van der Waals surface area contributed by atoms with Crippen LogP contribution in [0, 0.1) is 40.4 Å². The van der Waals surface area contributed by atoms with Crippen molar-refractivity contribution in [3.05, 3.63) is 11.6 Å². The van der Waals surface area contributed by atoms with Crippen LogP contribution in [-0.4, -0.2) is 48.1 Å². The van der Waals surface area contributed by atoms with Crippen LogP contribution >= 0.6 is 0 Å². The summed E-state index contributed by atoms with van der Waals surface area (Å²) in [5, 5.41) is 10.3. The van der Waals surface area contributed by atoms with E-state index in [4.69, 9.17) is 14.2 Å². The van der Waals surface area contributed by atoms with E-state index in [1.165, 1.54) is 38.7 Å². The Morgan fingerprint density at radius 3 is 2.39 bits per heavy atom. The van der Waals surface area contributed by atoms with Gasteiger partial charge < -0.3 is 19.3 Å². The van der Waals surface area contributed by atoms with E-state index in [-0.39, 0.29) is 41.1 Å². The van der Waals surface area contributed by atoms with E-state index in [1.54, 1.807) is 0 Å². The van der Waals surface area contributed by atoms with Gasteiger partial charge >= 0.3 is 11.9 Å². The standard InChI is InChI=1S/C32H52O6/c1-19(28(36-8)14-15-30(4,5)35)25-11-12-26-24-10-9-22-17-23(37-20(2)33)18-29(38-21(3)34)32(22,7)27(24)13-16-31(25,26)6/h9,19,23-29,35H,10-18H2,1-8H3/t19-,23+,24-,25+,26-,27-,28+,29-,31+,32-/m0/s1. The third-order valence-electron chi connectivity index (χ3n) is 11.4. The molecule has 6 heteroatoms. The molecule has 0 aromatic heterocycles. The number of fused-ring (bicyclic) bond motifs is 5. The maximum atomic E-state index is 12.2. The summed E-state index contributed by atoms with van der Waals surface area (Å²) in [6.07, 6.45) is 10.8. The summed E-state index contributed by atoms with van der Waals surface area (Å²) in [5.41, 5.74) is 0.697. The zero-order valence-electron chi connectivity index (χ0n) is 25.0. The summed E-state index contributed by atoms with van der Waals surface area (Å²) in [5.74, 6) is 2.18. The number of allylic oxidation sites excluding steroid dienone is 1. The molecule has 38 heavy (non-hydrogen) atoms. The zero-order valence-corrected chi connectivity index (χ0v) is 25.0. The first-order valence-corrected chi connectivity index (χ1v) is 15.0. The van der Waals surface area contributed by atoms with Gasteiger partial charge in [0.25, 0.3) is 0 Å². The Balaban J connectivity index is 1.57. The van der Waals surface area contributed by atoms with E-state index >= 15 is 0 Å². The van der Waals surface area contributed by atoms with Crippen LogP contribution in [0.1, 0.15) is 106 Å². The fraction of sp³-hybridized carbons (Fsp3) is 0.875. The van der Waals surface area contributed by atoms with Gasteiger partial charge in [-0.1, -0.05) is 32.4 Å². The number of carbonyl (C=O) groups is 2. The first-order chi connectivity index (χ1) is 17.7. The summed E-state index contributed by atoms with van der Waals surface area (Å²) >= 11 is 0. The Bertz CT molecular complexity index is 919. The minimum absolute atomic E-state index is 0.153. The second-order valence-corrected chi connectivity index (χ2v) is 14.1. The van der Waals surface area contributed by atoms with Crippen molar-refractivity contribution in [1.29, 1.82) is 0 Å². The van der Waals surface area contributed by atoms with Gasteiger partial charge in [-0.2, -0.15) is 0 Å². The topological polar surface area (TPSA) is 82.1 Å². The summed E-state index contributed by atoms with van der Waals surface area (Å²) < 4.78 is 17.7. The number of ether oxygens (including phenoxy) is 3. The molecule has 216 valence electrons. The van der Waals surface area contributed by atoms with Crippen molar-refractivity contribution < 1.29 is 28.9 Å². The molecule has 1 N–H and O–H groups in total. The summed E-state index contributed by atoms with van der Waals surface area (Å²) in [4.78, 5) is 23.9. The lowest BCUT2D eigenvalue weighted by Crippen LogP contribution is -2.57. The van der Waals surface area contributed by atoms with Gasteiger partial charge in [-0.25, -0.2) is 0 Å². The molecular formula is C32H52O6. The first kappa shape index (κ1) is 29.6. The molecule has 3 fully saturated rings. The van der Waals surface area contributed by atoms with Crippen molar-refractivity contribution in [2.24, 2.45) is 40.4 Å². The molecule has 0 aromatic carbocycles. The number of methoxy groups -OCH3 is 1. The van der Waals surface area contributed by atoms with Gasteiger partial charge in [0.15, 0.2) is 0 Å². The summed E-state index contributed by atoms with van der Waals surface area (Å²) in [6.45, 7) is 13.9. The lowest BCUT2D eigenvalue weighted by molar-refractivity contribution is -0.172. The normalized spacial score (nSPS) is 40.2. The van der Waals surface area contributed by atoms with E-state index in [0.717, 1.165) is 32.1 Å². The zero-order chi connectivity index (χ0) is 28.0. The second-order valence-electron chi connectivity index (χ2n) is 14.1. The number of aliphatic hydroxyl groups is 1. The highest BCUT2D eigenvalue weighted by atomic mass is 16.6. The van der Waals surface area contributed by atoms with Crippen molar-refractivity contribution in [2.45, 2.75) is 130 Å². The monoisotopic (exact) mass is 532 g/mol. The van der Waals surface area contributed by atoms with Crippen LogP contribution in [0.15, 0.2) is 11.6 Å². The molecule has 10 atom stereocenters. The fourth-order valence-electron chi connectivity index (χ4n) is 9.61. The minimum Gasteiger partial charge on any atom is -0.462 e. The van der Waals surface area contributed by atoms with Crippen molar-refractivity contribution in [1.82, 2.24) is 0 Å². The molecule has 6 nitrogen and oxygen atoms in total. The average Bonchev–Trinajstić information content (AvgIpc) is 3.16. The molecule has 0 radical (unpaired) electrons. The van der Waals surface area contributed by atoms with Crippen LogP contribution in [0.2, 0.25) is 0 Å². The highest BCUT2D eigenvalue weighted by molar-refractivity contribution is 5.67. The third-order valence-corrected chi connectivity index (χ3v) is 11.4. The lowest BCUT2D eigenvalue weighted by atomic mass is 9.46. The number of carbonyl (C=O) groups excluding carboxylic acids is 2. The predicted octanol–water partition coefficient (Wildman–Crippen LogP) is 6.24. The van der Waals surface area contributed by atoms with E-state index in [2.05, 4.69) is 26.8 Å². The highest BCUT2D eigenvalue weighted by Gasteiger charge is 2.62. The molecule has 4 rings (SSSR count). The fourth-order valence-corrected chi connectivity index (χ4v) is 9.61. The van der Waals surface area contributed by atoms with Gasteiger partial charge in [-0.05, 0) is 93.8 Å². The summed E-state index contributed by atoms with van der Waals surface area (Å²) in [6, 6.07) is 0. The lowest BCUT2D eigenvalue weighted by Gasteiger charge is -2.60. The van der Waals surface area contributed by atoms with Gasteiger partial charge in [0, 0.05) is 39.2 Å². The molecule has 0 unspecified atom stereocenters. The van der Waals surface area contributed by atoms with Crippen LogP contribution < -0.4 is 0 Å². The maximum Gasteiger partial charge on any atom is 0.302 e. The SMILES string of the molecule is CO[C@H](CCC(C)(C)O)[C@@H](C)[C@H]1CC[C@H]2[C@@H]3CC=C4C[C@@H](OC(C)=O)C[C@H](OC(C)=O)[C@]4(C)[C@H]3CC[C@]12C. The Kier molecular flexibility index (Phi) is 8.47. The number of esters is 2. The minimum atomic E-state index is -0.675. The Morgan fingerprint density at radius 2 is 1.79 bits per heavy atom. The van der Waals surface area contributed by atoms with Gasteiger partial charge in [0.05, 0.1) is 11.7 Å². The molecule has 4 aliphatic rings. The molecule has 0 spiro atoms. The quantitative estimate of drug-likeness (QED) is 0.294. The van der Waals surface area contributed by atoms with Crippen LogP contribution in [0.4, 0.5) is 0 Å². The van der Waals surface area contributed by atoms with E-state index < -0.39 is 5.60 Å². The molecule has 0 aliphatic heterocycles. The van der Waals surface area contributed by atoms with Crippen molar-refractivity contribution >= 4 is 11.9 Å². The largest absolute Gasteiger partial charge is 0.462 e.